The molecule has 19 heavy (non-hydrogen) atoms. The highest BCUT2D eigenvalue weighted by Gasteiger charge is 2.23. The van der Waals surface area contributed by atoms with Gasteiger partial charge in [-0.3, -0.25) is 0 Å². The predicted molar refractivity (Wildman–Crippen MR) is 87.3 cm³/mol. The van der Waals surface area contributed by atoms with Crippen LogP contribution in [0.2, 0.25) is 0 Å². The summed E-state index contributed by atoms with van der Waals surface area (Å²) in [4.78, 5) is 5.09. The van der Waals surface area contributed by atoms with E-state index in [4.69, 9.17) is 0 Å². The Bertz CT molecular complexity index is 419. The van der Waals surface area contributed by atoms with Gasteiger partial charge in [-0.05, 0) is 50.6 Å². The molecular weight excluding hydrogens is 300 g/mol. The maximum absolute atomic E-state index is 3.54. The van der Waals surface area contributed by atoms with Crippen LogP contribution in [0.3, 0.4) is 0 Å². The zero-order valence-corrected chi connectivity index (χ0v) is 13.9. The van der Waals surface area contributed by atoms with Crippen molar-refractivity contribution in [1.82, 2.24) is 4.90 Å². The first-order chi connectivity index (χ1) is 9.15. The summed E-state index contributed by atoms with van der Waals surface area (Å²) in [6.07, 6.45) is 2.47. The maximum atomic E-state index is 3.54. The third-order valence-corrected chi connectivity index (χ3v) is 4.75. The standard InChI is InChI=1S/C16H25BrN2/c1-4-15-12-18(3)8-5-9-19(15)16-7-6-14(11-17)10-13(16)2/h6-7,10,15H,4-5,8-9,11-12H2,1-3H3. The highest BCUT2D eigenvalue weighted by atomic mass is 79.9. The minimum atomic E-state index is 0.640. The summed E-state index contributed by atoms with van der Waals surface area (Å²) in [5, 5.41) is 0.939. The second-order valence-electron chi connectivity index (χ2n) is 5.63. The topological polar surface area (TPSA) is 6.48 Å². The molecule has 1 aromatic carbocycles. The monoisotopic (exact) mass is 324 g/mol. The second-order valence-corrected chi connectivity index (χ2v) is 6.19. The van der Waals surface area contributed by atoms with Crippen LogP contribution in [-0.4, -0.2) is 37.6 Å². The van der Waals surface area contributed by atoms with Crippen LogP contribution in [0.4, 0.5) is 5.69 Å². The van der Waals surface area contributed by atoms with Gasteiger partial charge in [0, 0.05) is 30.1 Å². The van der Waals surface area contributed by atoms with Gasteiger partial charge in [0.2, 0.25) is 0 Å². The molecule has 1 atom stereocenters. The number of alkyl halides is 1. The van der Waals surface area contributed by atoms with E-state index in [2.05, 4.69) is 64.8 Å². The molecule has 3 heteroatoms. The van der Waals surface area contributed by atoms with E-state index in [-0.39, 0.29) is 0 Å². The van der Waals surface area contributed by atoms with Crippen LogP contribution in [0, 0.1) is 6.92 Å². The van der Waals surface area contributed by atoms with E-state index in [1.54, 1.807) is 0 Å². The Morgan fingerprint density at radius 3 is 2.74 bits per heavy atom. The van der Waals surface area contributed by atoms with Crippen molar-refractivity contribution in [2.45, 2.75) is 38.1 Å². The summed E-state index contributed by atoms with van der Waals surface area (Å²) in [5.41, 5.74) is 4.19. The molecule has 0 aromatic heterocycles. The van der Waals surface area contributed by atoms with E-state index in [0.29, 0.717) is 6.04 Å². The van der Waals surface area contributed by atoms with Crippen molar-refractivity contribution in [3.8, 4) is 0 Å². The van der Waals surface area contributed by atoms with Gasteiger partial charge >= 0.3 is 0 Å². The van der Waals surface area contributed by atoms with Crippen LogP contribution in [0.25, 0.3) is 0 Å². The Morgan fingerprint density at radius 1 is 1.32 bits per heavy atom. The number of aryl methyl sites for hydroxylation is 1. The van der Waals surface area contributed by atoms with Crippen molar-refractivity contribution in [2.24, 2.45) is 0 Å². The van der Waals surface area contributed by atoms with Gasteiger partial charge in [0.15, 0.2) is 0 Å². The lowest BCUT2D eigenvalue weighted by Gasteiger charge is -2.33. The Hall–Kier alpha value is -0.540. The fraction of sp³-hybridized carbons (Fsp3) is 0.625. The largest absolute Gasteiger partial charge is 0.367 e. The van der Waals surface area contributed by atoms with Crippen LogP contribution >= 0.6 is 15.9 Å². The molecule has 2 nitrogen and oxygen atoms in total. The number of hydrogen-bond donors (Lipinski definition) is 0. The molecule has 106 valence electrons. The van der Waals surface area contributed by atoms with Crippen LogP contribution in [-0.2, 0) is 5.33 Å². The lowest BCUT2D eigenvalue weighted by Crippen LogP contribution is -2.40. The maximum Gasteiger partial charge on any atom is 0.0414 e. The van der Waals surface area contributed by atoms with E-state index in [1.807, 2.05) is 0 Å². The van der Waals surface area contributed by atoms with Crippen molar-refractivity contribution in [1.29, 1.82) is 0 Å². The molecule has 1 aliphatic heterocycles. The predicted octanol–water partition coefficient (Wildman–Crippen LogP) is 3.81. The fourth-order valence-corrected chi connectivity index (χ4v) is 3.38. The molecule has 0 radical (unpaired) electrons. The molecule has 0 spiro atoms. The van der Waals surface area contributed by atoms with Crippen LogP contribution in [0.15, 0.2) is 18.2 Å². The van der Waals surface area contributed by atoms with E-state index in [0.717, 1.165) is 5.33 Å². The first-order valence-electron chi connectivity index (χ1n) is 7.26. The van der Waals surface area contributed by atoms with E-state index >= 15 is 0 Å². The van der Waals surface area contributed by atoms with E-state index < -0.39 is 0 Å². The van der Waals surface area contributed by atoms with Crippen molar-refractivity contribution < 1.29 is 0 Å². The Morgan fingerprint density at radius 2 is 2.11 bits per heavy atom. The molecule has 1 aliphatic rings. The first-order valence-corrected chi connectivity index (χ1v) is 8.38. The quantitative estimate of drug-likeness (QED) is 0.780. The zero-order valence-electron chi connectivity index (χ0n) is 12.3. The van der Waals surface area contributed by atoms with Crippen LogP contribution in [0.1, 0.15) is 30.9 Å². The lowest BCUT2D eigenvalue weighted by atomic mass is 10.1. The smallest absolute Gasteiger partial charge is 0.0414 e. The average Bonchev–Trinajstić information content (AvgIpc) is 2.60. The van der Waals surface area contributed by atoms with Gasteiger partial charge < -0.3 is 9.80 Å². The highest BCUT2D eigenvalue weighted by molar-refractivity contribution is 9.08. The molecule has 1 saturated heterocycles. The van der Waals surface area contributed by atoms with Crippen molar-refractivity contribution >= 4 is 21.6 Å². The van der Waals surface area contributed by atoms with Gasteiger partial charge in [0.05, 0.1) is 0 Å². The number of anilines is 1. The molecule has 0 aliphatic carbocycles. The van der Waals surface area contributed by atoms with E-state index in [9.17, 15) is 0 Å². The Balaban J connectivity index is 2.27. The molecule has 0 N–H and O–H groups in total. The summed E-state index contributed by atoms with van der Waals surface area (Å²) in [5.74, 6) is 0. The average molecular weight is 325 g/mol. The highest BCUT2D eigenvalue weighted by Crippen LogP contribution is 2.27. The Labute approximate surface area is 125 Å². The minimum absolute atomic E-state index is 0.640. The molecule has 0 saturated carbocycles. The normalized spacial score (nSPS) is 21.5. The number of nitrogens with zero attached hydrogens (tertiary/aromatic N) is 2. The van der Waals surface area contributed by atoms with Crippen molar-refractivity contribution in [3.05, 3.63) is 29.3 Å². The first kappa shape index (κ1) is 14.9. The van der Waals surface area contributed by atoms with Crippen molar-refractivity contribution in [3.63, 3.8) is 0 Å². The van der Waals surface area contributed by atoms with Gasteiger partial charge in [-0.2, -0.15) is 0 Å². The molecule has 0 bridgehead atoms. The lowest BCUT2D eigenvalue weighted by molar-refractivity contribution is 0.328. The number of benzene rings is 1. The summed E-state index contributed by atoms with van der Waals surface area (Å²) >= 11 is 3.54. The SMILES string of the molecule is CCC1CN(C)CCCN1c1ccc(CBr)cc1C. The van der Waals surface area contributed by atoms with Gasteiger partial charge in [-0.1, -0.05) is 35.0 Å². The van der Waals surface area contributed by atoms with Gasteiger partial charge in [0.25, 0.3) is 0 Å². The fourth-order valence-electron chi connectivity index (χ4n) is 3.03. The van der Waals surface area contributed by atoms with Gasteiger partial charge in [-0.25, -0.2) is 0 Å². The molecule has 1 aromatic rings. The second kappa shape index (κ2) is 6.76. The summed E-state index contributed by atoms with van der Waals surface area (Å²) in [7, 11) is 2.24. The molecule has 2 rings (SSSR count). The third-order valence-electron chi connectivity index (χ3n) is 4.10. The number of hydrogen-bond acceptors (Lipinski definition) is 2. The van der Waals surface area contributed by atoms with Gasteiger partial charge in [-0.15, -0.1) is 0 Å². The molecule has 1 unspecified atom stereocenters. The summed E-state index contributed by atoms with van der Waals surface area (Å²) in [6, 6.07) is 7.50. The summed E-state index contributed by atoms with van der Waals surface area (Å²) in [6.45, 7) is 8.11. The molecule has 0 amide bonds. The molecule has 1 heterocycles. The molecular formula is C16H25BrN2. The zero-order chi connectivity index (χ0) is 13.8. The van der Waals surface area contributed by atoms with E-state index in [1.165, 1.54) is 49.3 Å². The Kier molecular flexibility index (Phi) is 5.28. The molecule has 1 fully saturated rings. The van der Waals surface area contributed by atoms with Crippen LogP contribution in [0.5, 0.6) is 0 Å². The third kappa shape index (κ3) is 3.51. The van der Waals surface area contributed by atoms with Gasteiger partial charge in [0.1, 0.15) is 0 Å². The number of rotatable bonds is 3. The van der Waals surface area contributed by atoms with Crippen molar-refractivity contribution in [2.75, 3.05) is 31.6 Å². The van der Waals surface area contributed by atoms with Crippen LogP contribution < -0.4 is 4.90 Å². The minimum Gasteiger partial charge on any atom is -0.367 e. The summed E-state index contributed by atoms with van der Waals surface area (Å²) < 4.78 is 0. The number of likely N-dealkylation sites (N-methyl/N-ethyl adjacent to an activating group) is 1. The number of halogens is 1.